The SMILES string of the molecule is CC(=O)O[C@@H](CC=C(C)C(=O)O)[C@@H](C)[C@H]1CC[C@@]2(C)C3=CC[C@H]4C(C)(C)C(=O)CC[C@]4(C)C3=CC[C@]12C. The highest BCUT2D eigenvalue weighted by Gasteiger charge is 2.63. The lowest BCUT2D eigenvalue weighted by Crippen LogP contribution is -2.53. The molecule has 0 unspecified atom stereocenters. The van der Waals surface area contributed by atoms with Gasteiger partial charge in [-0.05, 0) is 84.2 Å². The molecule has 0 amide bonds. The summed E-state index contributed by atoms with van der Waals surface area (Å²) in [6.07, 6.45) is 12.4. The predicted molar refractivity (Wildman–Crippen MR) is 145 cm³/mol. The highest BCUT2D eigenvalue weighted by Crippen LogP contribution is 2.71. The average Bonchev–Trinajstić information content (AvgIpc) is 3.09. The van der Waals surface area contributed by atoms with Gasteiger partial charge >= 0.3 is 11.9 Å². The molecule has 1 N–H and O–H groups in total. The third-order valence-electron chi connectivity index (χ3n) is 11.6. The molecule has 4 rings (SSSR count). The number of rotatable bonds is 6. The molecule has 5 nitrogen and oxygen atoms in total. The van der Waals surface area contributed by atoms with Gasteiger partial charge in [0.05, 0.1) is 0 Å². The van der Waals surface area contributed by atoms with Crippen LogP contribution in [0.2, 0.25) is 0 Å². The zero-order chi connectivity index (χ0) is 27.6. The monoisotopic (exact) mass is 510 g/mol. The number of esters is 1. The number of Topliss-reactive ketones (excluding diaryl/α,β-unsaturated/α-hetero) is 1. The predicted octanol–water partition coefficient (Wildman–Crippen LogP) is 7.07. The van der Waals surface area contributed by atoms with Crippen LogP contribution in [0.25, 0.3) is 0 Å². The standard InChI is InChI=1S/C32H46O5/c1-19(28(35)36)9-11-25(37-21(3)33)20(2)22-13-17-32(8)24-10-12-26-29(4,5)27(34)15-16-30(26,6)23(24)14-18-31(22,32)7/h9-10,14,20,22,25-26H,11-13,15-18H2,1-8H3,(H,35,36)/t20-,22+,25-,26-,30+,31+,32-/m0/s1. The van der Waals surface area contributed by atoms with Gasteiger partial charge in [-0.3, -0.25) is 9.59 Å². The fourth-order valence-corrected chi connectivity index (χ4v) is 8.91. The molecule has 5 heteroatoms. The van der Waals surface area contributed by atoms with E-state index in [0.717, 1.165) is 32.1 Å². The number of ether oxygens (including phenoxy) is 1. The summed E-state index contributed by atoms with van der Waals surface area (Å²) in [7, 11) is 0. The highest BCUT2D eigenvalue weighted by molar-refractivity contribution is 5.86. The normalized spacial score (nSPS) is 38.4. The summed E-state index contributed by atoms with van der Waals surface area (Å²) in [6.45, 7) is 16.8. The Balaban J connectivity index is 1.68. The van der Waals surface area contributed by atoms with Gasteiger partial charge < -0.3 is 9.84 Å². The maximum Gasteiger partial charge on any atom is 0.330 e. The maximum absolute atomic E-state index is 12.8. The van der Waals surface area contributed by atoms with Crippen molar-refractivity contribution in [2.45, 2.75) is 106 Å². The molecule has 0 radical (unpaired) electrons. The van der Waals surface area contributed by atoms with Crippen molar-refractivity contribution in [1.29, 1.82) is 0 Å². The van der Waals surface area contributed by atoms with Crippen LogP contribution in [-0.4, -0.2) is 28.9 Å². The minimum absolute atomic E-state index is 0.00884. The van der Waals surface area contributed by atoms with Crippen LogP contribution in [0, 0.1) is 39.4 Å². The fraction of sp³-hybridized carbons (Fsp3) is 0.719. The van der Waals surface area contributed by atoms with E-state index in [9.17, 15) is 19.5 Å². The average molecular weight is 511 g/mol. The number of hydrogen-bond donors (Lipinski definition) is 1. The number of carbonyl (C=O) groups excluding carboxylic acids is 2. The van der Waals surface area contributed by atoms with E-state index in [-0.39, 0.29) is 45.2 Å². The van der Waals surface area contributed by atoms with Crippen molar-refractivity contribution < 1.29 is 24.2 Å². The Morgan fingerprint density at radius 3 is 2.41 bits per heavy atom. The molecule has 7 atom stereocenters. The molecule has 0 aromatic carbocycles. The maximum atomic E-state index is 12.8. The zero-order valence-electron chi connectivity index (χ0n) is 24.1. The number of allylic oxidation sites excluding steroid dienone is 4. The van der Waals surface area contributed by atoms with Gasteiger partial charge in [-0.1, -0.05) is 59.8 Å². The molecule has 0 aromatic rings. The number of fused-ring (bicyclic) bond motifs is 5. The van der Waals surface area contributed by atoms with Gasteiger partial charge in [-0.25, -0.2) is 4.79 Å². The van der Waals surface area contributed by atoms with Crippen LogP contribution in [-0.2, 0) is 19.1 Å². The summed E-state index contributed by atoms with van der Waals surface area (Å²) in [5, 5.41) is 9.31. The molecule has 0 spiro atoms. The molecule has 204 valence electrons. The first-order valence-electron chi connectivity index (χ1n) is 14.1. The Bertz CT molecular complexity index is 1090. The first-order valence-corrected chi connectivity index (χ1v) is 14.1. The van der Waals surface area contributed by atoms with E-state index in [4.69, 9.17) is 4.74 Å². The molecule has 0 bridgehead atoms. The molecule has 0 heterocycles. The van der Waals surface area contributed by atoms with Crippen molar-refractivity contribution in [2.24, 2.45) is 39.4 Å². The van der Waals surface area contributed by atoms with E-state index in [2.05, 4.69) is 53.7 Å². The van der Waals surface area contributed by atoms with Gasteiger partial charge in [0, 0.05) is 30.8 Å². The van der Waals surface area contributed by atoms with Crippen LogP contribution in [0.1, 0.15) is 100 Å². The van der Waals surface area contributed by atoms with Crippen LogP contribution >= 0.6 is 0 Å². The smallest absolute Gasteiger partial charge is 0.330 e. The second-order valence-corrected chi connectivity index (χ2v) is 13.6. The third kappa shape index (κ3) is 4.15. The summed E-state index contributed by atoms with van der Waals surface area (Å²) in [5.74, 6) is -0.0893. The van der Waals surface area contributed by atoms with E-state index in [1.54, 1.807) is 13.0 Å². The Kier molecular flexibility index (Phi) is 6.95. The highest BCUT2D eigenvalue weighted by atomic mass is 16.5. The lowest BCUT2D eigenvalue weighted by molar-refractivity contribution is -0.151. The molecule has 0 aliphatic heterocycles. The van der Waals surface area contributed by atoms with Crippen LogP contribution in [0.15, 0.2) is 34.9 Å². The van der Waals surface area contributed by atoms with E-state index >= 15 is 0 Å². The van der Waals surface area contributed by atoms with Crippen molar-refractivity contribution in [2.75, 3.05) is 0 Å². The number of carboxylic acids is 1. The summed E-state index contributed by atoms with van der Waals surface area (Å²) < 4.78 is 5.80. The van der Waals surface area contributed by atoms with Crippen LogP contribution < -0.4 is 0 Å². The molecular formula is C32H46O5. The van der Waals surface area contributed by atoms with E-state index in [0.29, 0.717) is 30.5 Å². The molecule has 0 aromatic heterocycles. The van der Waals surface area contributed by atoms with E-state index in [1.165, 1.54) is 18.1 Å². The Labute approximate surface area is 222 Å². The molecule has 4 aliphatic carbocycles. The number of hydrogen-bond acceptors (Lipinski definition) is 4. The number of aliphatic carboxylic acids is 1. The minimum Gasteiger partial charge on any atom is -0.478 e. The largest absolute Gasteiger partial charge is 0.478 e. The van der Waals surface area contributed by atoms with Gasteiger partial charge in [0.1, 0.15) is 11.9 Å². The van der Waals surface area contributed by atoms with E-state index < -0.39 is 5.97 Å². The molecule has 0 saturated heterocycles. The van der Waals surface area contributed by atoms with Gasteiger partial charge in [-0.15, -0.1) is 0 Å². The Hall–Kier alpha value is -2.17. The van der Waals surface area contributed by atoms with Crippen molar-refractivity contribution in [1.82, 2.24) is 0 Å². The summed E-state index contributed by atoms with van der Waals surface area (Å²) in [4.78, 5) is 36.2. The van der Waals surface area contributed by atoms with Gasteiger partial charge in [0.2, 0.25) is 0 Å². The third-order valence-corrected chi connectivity index (χ3v) is 11.6. The summed E-state index contributed by atoms with van der Waals surface area (Å²) in [5.41, 5.74) is 3.00. The lowest BCUT2D eigenvalue weighted by atomic mass is 9.44. The quantitative estimate of drug-likeness (QED) is 0.305. The van der Waals surface area contributed by atoms with Gasteiger partial charge in [0.15, 0.2) is 0 Å². The van der Waals surface area contributed by atoms with Crippen molar-refractivity contribution in [3.8, 4) is 0 Å². The van der Waals surface area contributed by atoms with Crippen molar-refractivity contribution in [3.05, 3.63) is 34.9 Å². The molecule has 2 fully saturated rings. The fourth-order valence-electron chi connectivity index (χ4n) is 8.91. The molecule has 4 aliphatic rings. The van der Waals surface area contributed by atoms with Crippen LogP contribution in [0.3, 0.4) is 0 Å². The second kappa shape index (κ2) is 9.24. The first-order chi connectivity index (χ1) is 17.1. The minimum atomic E-state index is -0.941. The van der Waals surface area contributed by atoms with Crippen molar-refractivity contribution >= 4 is 17.7 Å². The molecule has 37 heavy (non-hydrogen) atoms. The Morgan fingerprint density at radius 1 is 1.11 bits per heavy atom. The summed E-state index contributed by atoms with van der Waals surface area (Å²) >= 11 is 0. The number of carbonyl (C=O) groups is 3. The lowest BCUT2D eigenvalue weighted by Gasteiger charge is -2.59. The second-order valence-electron chi connectivity index (χ2n) is 13.6. The van der Waals surface area contributed by atoms with Crippen molar-refractivity contribution in [3.63, 3.8) is 0 Å². The Morgan fingerprint density at radius 2 is 1.78 bits per heavy atom. The van der Waals surface area contributed by atoms with Crippen LogP contribution in [0.5, 0.6) is 0 Å². The first kappa shape index (κ1) is 27.9. The van der Waals surface area contributed by atoms with Gasteiger partial charge in [0.25, 0.3) is 0 Å². The summed E-state index contributed by atoms with van der Waals surface area (Å²) in [6, 6.07) is 0. The number of carboxylic acid groups (broad SMARTS) is 1. The molecule has 2 saturated carbocycles. The zero-order valence-corrected chi connectivity index (χ0v) is 24.1. The van der Waals surface area contributed by atoms with Crippen LogP contribution in [0.4, 0.5) is 0 Å². The van der Waals surface area contributed by atoms with Gasteiger partial charge in [-0.2, -0.15) is 0 Å². The van der Waals surface area contributed by atoms with E-state index in [1.807, 2.05) is 0 Å². The topological polar surface area (TPSA) is 80.7 Å². The molecular weight excluding hydrogens is 464 g/mol. The number of ketones is 1.